The highest BCUT2D eigenvalue weighted by Gasteiger charge is 2.28. The summed E-state index contributed by atoms with van der Waals surface area (Å²) in [6.07, 6.45) is 4.04. The van der Waals surface area contributed by atoms with Crippen molar-refractivity contribution >= 4 is 11.2 Å². The Kier molecular flexibility index (Phi) is 3.27. The minimum absolute atomic E-state index is 0.525. The summed E-state index contributed by atoms with van der Waals surface area (Å²) in [4.78, 5) is 11.8. The Bertz CT molecular complexity index is 573. The van der Waals surface area contributed by atoms with Gasteiger partial charge in [0.25, 0.3) is 0 Å². The monoisotopic (exact) mass is 258 g/mol. The highest BCUT2D eigenvalue weighted by atomic mass is 15.2. The average molecular weight is 258 g/mol. The largest absolute Gasteiger partial charge is 0.308 e. The fourth-order valence-corrected chi connectivity index (χ4v) is 3.06. The van der Waals surface area contributed by atoms with Crippen LogP contribution in [-0.2, 0) is 6.42 Å². The van der Waals surface area contributed by atoms with Gasteiger partial charge in [0.05, 0.1) is 6.04 Å². The van der Waals surface area contributed by atoms with Crippen LogP contribution in [0.1, 0.15) is 39.1 Å². The SMILES string of the molecule is CCc1nc2cccnc2n1C1CCN(C(C)C)C1. The van der Waals surface area contributed by atoms with Gasteiger partial charge in [0.15, 0.2) is 5.65 Å². The average Bonchev–Trinajstić information content (AvgIpc) is 3.01. The molecule has 2 aromatic rings. The van der Waals surface area contributed by atoms with Crippen LogP contribution < -0.4 is 0 Å². The highest BCUT2D eigenvalue weighted by Crippen LogP contribution is 2.28. The van der Waals surface area contributed by atoms with Crippen LogP contribution in [0.4, 0.5) is 0 Å². The maximum atomic E-state index is 4.73. The van der Waals surface area contributed by atoms with Crippen molar-refractivity contribution in [1.82, 2.24) is 19.4 Å². The zero-order chi connectivity index (χ0) is 13.4. The number of hydrogen-bond donors (Lipinski definition) is 0. The van der Waals surface area contributed by atoms with E-state index in [2.05, 4.69) is 41.3 Å². The number of aryl methyl sites for hydroxylation is 1. The van der Waals surface area contributed by atoms with Crippen LogP contribution in [-0.4, -0.2) is 38.6 Å². The lowest BCUT2D eigenvalue weighted by Crippen LogP contribution is -2.28. The van der Waals surface area contributed by atoms with E-state index < -0.39 is 0 Å². The van der Waals surface area contributed by atoms with Gasteiger partial charge in [-0.25, -0.2) is 9.97 Å². The van der Waals surface area contributed by atoms with Gasteiger partial charge in [-0.1, -0.05) is 6.92 Å². The zero-order valence-corrected chi connectivity index (χ0v) is 12.0. The molecule has 1 aliphatic heterocycles. The normalized spacial score (nSPS) is 20.7. The molecule has 1 unspecified atom stereocenters. The number of hydrogen-bond acceptors (Lipinski definition) is 3. The summed E-state index contributed by atoms with van der Waals surface area (Å²) in [5.74, 6) is 1.17. The third-order valence-electron chi connectivity index (χ3n) is 4.13. The van der Waals surface area contributed by atoms with Crippen molar-refractivity contribution in [3.8, 4) is 0 Å². The molecule has 0 N–H and O–H groups in total. The van der Waals surface area contributed by atoms with E-state index in [1.165, 1.54) is 18.8 Å². The summed E-state index contributed by atoms with van der Waals surface area (Å²) in [5, 5.41) is 0. The van der Waals surface area contributed by atoms with Crippen LogP contribution in [0.5, 0.6) is 0 Å². The van der Waals surface area contributed by atoms with E-state index >= 15 is 0 Å². The number of nitrogens with zero attached hydrogens (tertiary/aromatic N) is 4. The van der Waals surface area contributed by atoms with Gasteiger partial charge in [0.1, 0.15) is 11.3 Å². The Morgan fingerprint density at radius 1 is 1.42 bits per heavy atom. The number of imidazole rings is 1. The predicted molar refractivity (Wildman–Crippen MR) is 77.3 cm³/mol. The second-order valence-corrected chi connectivity index (χ2v) is 5.63. The zero-order valence-electron chi connectivity index (χ0n) is 12.0. The number of fused-ring (bicyclic) bond motifs is 1. The molecule has 2 aromatic heterocycles. The molecule has 4 heteroatoms. The molecule has 102 valence electrons. The molecule has 0 radical (unpaired) electrons. The third-order valence-corrected chi connectivity index (χ3v) is 4.13. The first-order valence-electron chi connectivity index (χ1n) is 7.26. The van der Waals surface area contributed by atoms with E-state index in [4.69, 9.17) is 4.98 Å². The first kappa shape index (κ1) is 12.6. The number of likely N-dealkylation sites (tertiary alicyclic amines) is 1. The molecule has 0 aliphatic carbocycles. The van der Waals surface area contributed by atoms with E-state index in [-0.39, 0.29) is 0 Å². The van der Waals surface area contributed by atoms with Crippen LogP contribution in [0, 0.1) is 0 Å². The van der Waals surface area contributed by atoms with Gasteiger partial charge in [0, 0.05) is 31.7 Å². The van der Waals surface area contributed by atoms with E-state index in [1.54, 1.807) is 0 Å². The van der Waals surface area contributed by atoms with Gasteiger partial charge in [0.2, 0.25) is 0 Å². The minimum Gasteiger partial charge on any atom is -0.308 e. The van der Waals surface area contributed by atoms with E-state index in [1.807, 2.05) is 12.3 Å². The molecule has 0 amide bonds. The van der Waals surface area contributed by atoms with Crippen LogP contribution in [0.3, 0.4) is 0 Å². The molecule has 3 heterocycles. The maximum Gasteiger partial charge on any atom is 0.160 e. The van der Waals surface area contributed by atoms with Crippen molar-refractivity contribution in [2.45, 2.75) is 45.7 Å². The molecule has 0 saturated carbocycles. The molecule has 3 rings (SSSR count). The molecular weight excluding hydrogens is 236 g/mol. The maximum absolute atomic E-state index is 4.73. The summed E-state index contributed by atoms with van der Waals surface area (Å²) in [7, 11) is 0. The van der Waals surface area contributed by atoms with Gasteiger partial charge in [-0.3, -0.25) is 4.90 Å². The van der Waals surface area contributed by atoms with Gasteiger partial charge in [-0.05, 0) is 32.4 Å². The molecule has 4 nitrogen and oxygen atoms in total. The molecule has 0 bridgehead atoms. The van der Waals surface area contributed by atoms with Crippen LogP contribution in [0.2, 0.25) is 0 Å². The molecule has 1 aliphatic rings. The van der Waals surface area contributed by atoms with E-state index in [0.29, 0.717) is 12.1 Å². The second kappa shape index (κ2) is 4.93. The summed E-state index contributed by atoms with van der Waals surface area (Å²) in [5.41, 5.74) is 2.08. The molecule has 0 spiro atoms. The summed E-state index contributed by atoms with van der Waals surface area (Å²) in [6, 6.07) is 5.18. The highest BCUT2D eigenvalue weighted by molar-refractivity contribution is 5.71. The lowest BCUT2D eigenvalue weighted by atomic mass is 10.2. The topological polar surface area (TPSA) is 34.0 Å². The third kappa shape index (κ3) is 2.14. The first-order valence-corrected chi connectivity index (χ1v) is 7.26. The summed E-state index contributed by atoms with van der Waals surface area (Å²) >= 11 is 0. The van der Waals surface area contributed by atoms with Crippen molar-refractivity contribution in [2.24, 2.45) is 0 Å². The van der Waals surface area contributed by atoms with Gasteiger partial charge < -0.3 is 4.57 Å². The lowest BCUT2D eigenvalue weighted by Gasteiger charge is -2.21. The Hall–Kier alpha value is -1.42. The first-order chi connectivity index (χ1) is 9.20. The van der Waals surface area contributed by atoms with Crippen molar-refractivity contribution in [3.05, 3.63) is 24.2 Å². The molecule has 1 fully saturated rings. The molecular formula is C15H22N4. The Morgan fingerprint density at radius 2 is 2.26 bits per heavy atom. The van der Waals surface area contributed by atoms with Gasteiger partial charge in [-0.15, -0.1) is 0 Å². The summed E-state index contributed by atoms with van der Waals surface area (Å²) < 4.78 is 2.37. The van der Waals surface area contributed by atoms with Crippen molar-refractivity contribution in [2.75, 3.05) is 13.1 Å². The van der Waals surface area contributed by atoms with Crippen LogP contribution >= 0.6 is 0 Å². The van der Waals surface area contributed by atoms with Crippen molar-refractivity contribution in [3.63, 3.8) is 0 Å². The van der Waals surface area contributed by atoms with Crippen LogP contribution in [0.25, 0.3) is 11.2 Å². The van der Waals surface area contributed by atoms with Gasteiger partial charge in [-0.2, -0.15) is 0 Å². The quantitative estimate of drug-likeness (QED) is 0.848. The lowest BCUT2D eigenvalue weighted by molar-refractivity contribution is 0.265. The number of aromatic nitrogens is 3. The summed E-state index contributed by atoms with van der Waals surface area (Å²) in [6.45, 7) is 9.01. The van der Waals surface area contributed by atoms with E-state index in [9.17, 15) is 0 Å². The second-order valence-electron chi connectivity index (χ2n) is 5.63. The Balaban J connectivity index is 2.00. The standard InChI is InChI=1S/C15H22N4/c1-4-14-17-13-6-5-8-16-15(13)19(14)12-7-9-18(10-12)11(2)3/h5-6,8,11-12H,4,7,9-10H2,1-3H3. The Morgan fingerprint density at radius 3 is 2.95 bits per heavy atom. The van der Waals surface area contributed by atoms with Gasteiger partial charge >= 0.3 is 0 Å². The van der Waals surface area contributed by atoms with Crippen molar-refractivity contribution in [1.29, 1.82) is 0 Å². The minimum atomic E-state index is 0.525. The molecule has 19 heavy (non-hydrogen) atoms. The smallest absolute Gasteiger partial charge is 0.160 e. The van der Waals surface area contributed by atoms with Crippen molar-refractivity contribution < 1.29 is 0 Å². The fraction of sp³-hybridized carbons (Fsp3) is 0.600. The fourth-order valence-electron chi connectivity index (χ4n) is 3.06. The number of rotatable bonds is 3. The molecule has 0 aromatic carbocycles. The molecule has 1 atom stereocenters. The van der Waals surface area contributed by atoms with E-state index in [0.717, 1.165) is 24.1 Å². The Labute approximate surface area is 114 Å². The predicted octanol–water partition coefficient (Wildman–Crippen LogP) is 2.65. The number of pyridine rings is 1. The molecule has 1 saturated heterocycles. The van der Waals surface area contributed by atoms with Crippen LogP contribution in [0.15, 0.2) is 18.3 Å².